The van der Waals surface area contributed by atoms with E-state index in [-0.39, 0.29) is 24.2 Å². The van der Waals surface area contributed by atoms with Crippen molar-refractivity contribution in [1.82, 2.24) is 10.2 Å². The molecule has 1 fully saturated rings. The van der Waals surface area contributed by atoms with Gasteiger partial charge in [0.15, 0.2) is 0 Å². The van der Waals surface area contributed by atoms with Crippen molar-refractivity contribution in [2.24, 2.45) is 0 Å². The van der Waals surface area contributed by atoms with Gasteiger partial charge in [-0.2, -0.15) is 0 Å². The highest BCUT2D eigenvalue weighted by Crippen LogP contribution is 2.29. The average molecular weight is 520 g/mol. The highest BCUT2D eigenvalue weighted by molar-refractivity contribution is 7.92. The van der Waals surface area contributed by atoms with Crippen LogP contribution in [0.25, 0.3) is 0 Å². The lowest BCUT2D eigenvalue weighted by Gasteiger charge is -2.33. The number of methoxy groups -OCH3 is 1. The first kappa shape index (κ1) is 27.4. The number of nitrogens with zero attached hydrogens (tertiary/aromatic N) is 2. The predicted octanol–water partition coefficient (Wildman–Crippen LogP) is 3.47. The third kappa shape index (κ3) is 7.19. The van der Waals surface area contributed by atoms with Crippen molar-refractivity contribution < 1.29 is 27.1 Å². The number of ether oxygens (including phenoxy) is 1. The second kappa shape index (κ2) is 12.2. The summed E-state index contributed by atoms with van der Waals surface area (Å²) in [4.78, 5) is 28.1. The van der Waals surface area contributed by atoms with Gasteiger partial charge in [-0.3, -0.25) is 13.9 Å². The van der Waals surface area contributed by atoms with Crippen LogP contribution in [-0.2, 0) is 26.2 Å². The van der Waals surface area contributed by atoms with Crippen LogP contribution in [0.2, 0.25) is 0 Å². The summed E-state index contributed by atoms with van der Waals surface area (Å²) < 4.78 is 45.1. The van der Waals surface area contributed by atoms with Crippen molar-refractivity contribution in [3.05, 3.63) is 59.9 Å². The summed E-state index contributed by atoms with van der Waals surface area (Å²) in [6.45, 7) is 1.11. The summed E-state index contributed by atoms with van der Waals surface area (Å²) in [5, 5.41) is 3.04. The lowest BCUT2D eigenvalue weighted by atomic mass is 9.95. The Bertz CT molecular complexity index is 1150. The number of halogens is 1. The van der Waals surface area contributed by atoms with Crippen molar-refractivity contribution in [2.45, 2.75) is 57.7 Å². The quantitative estimate of drug-likeness (QED) is 0.519. The number of carbonyl (C=O) groups excluding carboxylic acids is 2. The van der Waals surface area contributed by atoms with Crippen LogP contribution in [0.1, 0.15) is 44.6 Å². The first-order chi connectivity index (χ1) is 17.1. The Balaban J connectivity index is 1.89. The zero-order chi connectivity index (χ0) is 26.3. The topological polar surface area (TPSA) is 96.0 Å². The van der Waals surface area contributed by atoms with Gasteiger partial charge in [0.1, 0.15) is 24.2 Å². The molecular formula is C26H34FN3O5S. The number of hydrogen-bond acceptors (Lipinski definition) is 5. The van der Waals surface area contributed by atoms with Crippen molar-refractivity contribution in [2.75, 3.05) is 24.2 Å². The largest absolute Gasteiger partial charge is 0.495 e. The van der Waals surface area contributed by atoms with Crippen LogP contribution in [0.3, 0.4) is 0 Å². The predicted molar refractivity (Wildman–Crippen MR) is 137 cm³/mol. The van der Waals surface area contributed by atoms with Gasteiger partial charge in [0.05, 0.1) is 19.1 Å². The molecule has 0 heterocycles. The van der Waals surface area contributed by atoms with Gasteiger partial charge in [-0.25, -0.2) is 12.8 Å². The molecule has 1 aliphatic carbocycles. The van der Waals surface area contributed by atoms with Gasteiger partial charge in [-0.15, -0.1) is 0 Å². The number of hydrogen-bond donors (Lipinski definition) is 1. The number of benzene rings is 2. The minimum Gasteiger partial charge on any atom is -0.495 e. The normalized spacial score (nSPS) is 15.1. The first-order valence-corrected chi connectivity index (χ1v) is 13.9. The molecule has 0 aliphatic heterocycles. The van der Waals surface area contributed by atoms with E-state index in [4.69, 9.17) is 4.74 Å². The summed E-state index contributed by atoms with van der Waals surface area (Å²) in [6.07, 6.45) is 6.01. The molecule has 36 heavy (non-hydrogen) atoms. The van der Waals surface area contributed by atoms with Gasteiger partial charge in [0, 0.05) is 12.6 Å². The molecule has 1 saturated carbocycles. The number of sulfonamides is 1. The average Bonchev–Trinajstić information content (AvgIpc) is 2.86. The summed E-state index contributed by atoms with van der Waals surface area (Å²) >= 11 is 0. The molecule has 0 spiro atoms. The molecule has 1 N–H and O–H groups in total. The second-order valence-corrected chi connectivity index (χ2v) is 11.0. The Hall–Kier alpha value is -3.14. The molecule has 1 atom stereocenters. The number of anilines is 1. The van der Waals surface area contributed by atoms with Crippen LogP contribution in [-0.4, -0.2) is 57.1 Å². The molecule has 2 aromatic carbocycles. The van der Waals surface area contributed by atoms with E-state index in [1.807, 2.05) is 0 Å². The van der Waals surface area contributed by atoms with E-state index < -0.39 is 34.3 Å². The maximum atomic E-state index is 13.6. The van der Waals surface area contributed by atoms with Crippen molar-refractivity contribution in [1.29, 1.82) is 0 Å². The van der Waals surface area contributed by atoms with Gasteiger partial charge in [-0.05, 0) is 49.6 Å². The molecule has 10 heteroatoms. The van der Waals surface area contributed by atoms with E-state index >= 15 is 0 Å². The van der Waals surface area contributed by atoms with E-state index in [0.29, 0.717) is 11.3 Å². The van der Waals surface area contributed by atoms with Crippen LogP contribution >= 0.6 is 0 Å². The van der Waals surface area contributed by atoms with Gasteiger partial charge in [-0.1, -0.05) is 43.5 Å². The molecular weight excluding hydrogens is 485 g/mol. The molecule has 8 nitrogen and oxygen atoms in total. The number of amides is 2. The maximum Gasteiger partial charge on any atom is 0.244 e. The van der Waals surface area contributed by atoms with Gasteiger partial charge < -0.3 is 15.0 Å². The summed E-state index contributed by atoms with van der Waals surface area (Å²) in [7, 11) is -2.45. The molecule has 2 amide bonds. The Kier molecular flexibility index (Phi) is 9.31. The molecule has 196 valence electrons. The SMILES string of the molecule is COc1ccccc1N(CC(=O)N(Cc1ccc(F)cc1)[C@H](C)C(=O)NC1CCCCC1)S(C)(=O)=O. The van der Waals surface area contributed by atoms with Crippen molar-refractivity contribution in [3.8, 4) is 5.75 Å². The highest BCUT2D eigenvalue weighted by Gasteiger charge is 2.32. The molecule has 0 bridgehead atoms. The highest BCUT2D eigenvalue weighted by atomic mass is 32.2. The number of nitrogens with one attached hydrogen (secondary N) is 1. The lowest BCUT2D eigenvalue weighted by Crippen LogP contribution is -2.53. The van der Waals surface area contributed by atoms with Crippen LogP contribution < -0.4 is 14.4 Å². The summed E-state index contributed by atoms with van der Waals surface area (Å²) in [6, 6.07) is 11.3. The van der Waals surface area contributed by atoms with E-state index in [1.165, 1.54) is 36.3 Å². The van der Waals surface area contributed by atoms with Crippen LogP contribution in [0.5, 0.6) is 5.75 Å². The minimum atomic E-state index is -3.87. The summed E-state index contributed by atoms with van der Waals surface area (Å²) in [5.74, 6) is -0.995. The van der Waals surface area contributed by atoms with Gasteiger partial charge in [0.2, 0.25) is 21.8 Å². The zero-order valence-electron chi connectivity index (χ0n) is 20.9. The second-order valence-electron chi connectivity index (χ2n) is 9.11. The Labute approximate surface area is 212 Å². The zero-order valence-corrected chi connectivity index (χ0v) is 21.8. The van der Waals surface area contributed by atoms with Crippen LogP contribution in [0.15, 0.2) is 48.5 Å². The van der Waals surface area contributed by atoms with Gasteiger partial charge in [0.25, 0.3) is 0 Å². The Morgan fingerprint density at radius 3 is 2.33 bits per heavy atom. The van der Waals surface area contributed by atoms with E-state index in [2.05, 4.69) is 5.32 Å². The fourth-order valence-electron chi connectivity index (χ4n) is 4.37. The van der Waals surface area contributed by atoms with Crippen molar-refractivity contribution in [3.63, 3.8) is 0 Å². The lowest BCUT2D eigenvalue weighted by molar-refractivity contribution is -0.139. The fourth-order valence-corrected chi connectivity index (χ4v) is 5.22. The van der Waals surface area contributed by atoms with Gasteiger partial charge >= 0.3 is 0 Å². The number of para-hydroxylation sites is 2. The standard InChI is InChI=1S/C26H34FN3O5S/c1-19(26(32)28-22-9-5-4-6-10-22)29(17-20-13-15-21(27)16-14-20)25(31)18-30(36(3,33)34)23-11-7-8-12-24(23)35-2/h7-8,11-16,19,22H,4-6,9-10,17-18H2,1-3H3,(H,28,32)/t19-/m1/s1. The Morgan fingerprint density at radius 2 is 1.72 bits per heavy atom. The number of carbonyl (C=O) groups is 2. The first-order valence-electron chi connectivity index (χ1n) is 12.0. The third-order valence-corrected chi connectivity index (χ3v) is 7.54. The van der Waals surface area contributed by atoms with E-state index in [1.54, 1.807) is 31.2 Å². The van der Waals surface area contributed by atoms with Crippen LogP contribution in [0.4, 0.5) is 10.1 Å². The molecule has 3 rings (SSSR count). The molecule has 0 unspecified atom stereocenters. The van der Waals surface area contributed by atoms with E-state index in [9.17, 15) is 22.4 Å². The molecule has 0 aromatic heterocycles. The number of rotatable bonds is 10. The molecule has 2 aromatic rings. The van der Waals surface area contributed by atoms with E-state index in [0.717, 1.165) is 42.7 Å². The summed E-state index contributed by atoms with van der Waals surface area (Å²) in [5.41, 5.74) is 0.835. The third-order valence-electron chi connectivity index (χ3n) is 6.42. The smallest absolute Gasteiger partial charge is 0.244 e. The fraction of sp³-hybridized carbons (Fsp3) is 0.462. The molecule has 1 aliphatic rings. The molecule has 0 saturated heterocycles. The monoisotopic (exact) mass is 519 g/mol. The molecule has 0 radical (unpaired) electrons. The maximum absolute atomic E-state index is 13.6. The Morgan fingerprint density at radius 1 is 1.08 bits per heavy atom. The minimum absolute atomic E-state index is 0.0158. The van der Waals surface area contributed by atoms with Crippen molar-refractivity contribution >= 4 is 27.5 Å². The van der Waals surface area contributed by atoms with Crippen LogP contribution in [0, 0.1) is 5.82 Å².